The van der Waals surface area contributed by atoms with Gasteiger partial charge in [0.25, 0.3) is 0 Å². The van der Waals surface area contributed by atoms with Gasteiger partial charge in [-0.2, -0.15) is 0 Å². The summed E-state index contributed by atoms with van der Waals surface area (Å²) in [6.45, 7) is 9.70. The molecule has 0 N–H and O–H groups in total. The van der Waals surface area contributed by atoms with E-state index < -0.39 is 0 Å². The van der Waals surface area contributed by atoms with Crippen LogP contribution in [0.4, 0.5) is 0 Å². The maximum Gasteiger partial charge on any atom is 0.164 e. The molecule has 0 saturated carbocycles. The average molecular weight is 887 g/mol. The Morgan fingerprint density at radius 2 is 0.870 bits per heavy atom. The van der Waals surface area contributed by atoms with E-state index in [0.717, 1.165) is 55.9 Å². The number of hydrogen-bond donors (Lipinski definition) is 0. The van der Waals surface area contributed by atoms with Gasteiger partial charge in [-0.3, -0.25) is 0 Å². The highest BCUT2D eigenvalue weighted by molar-refractivity contribution is 6.22. The van der Waals surface area contributed by atoms with Gasteiger partial charge in [0.1, 0.15) is 0 Å². The summed E-state index contributed by atoms with van der Waals surface area (Å²) in [4.78, 5) is 16.0. The van der Waals surface area contributed by atoms with Crippen LogP contribution >= 0.6 is 0 Å². The molecule has 0 bridgehead atoms. The fraction of sp³-hybridized carbons (Fsp3) is 0.123. The summed E-state index contributed by atoms with van der Waals surface area (Å²) >= 11 is 0. The zero-order chi connectivity index (χ0) is 46.4. The van der Waals surface area contributed by atoms with Crippen molar-refractivity contribution in [1.29, 1.82) is 0 Å². The molecule has 1 aliphatic rings. The van der Waals surface area contributed by atoms with Gasteiger partial charge in [0.15, 0.2) is 17.5 Å². The molecule has 0 amide bonds. The maximum absolute atomic E-state index is 5.40. The molecule has 2 aromatic heterocycles. The number of aromatic nitrogens is 4. The molecule has 0 fully saturated rings. The van der Waals surface area contributed by atoms with Crippen LogP contribution < -0.4 is 0 Å². The Labute approximate surface area is 402 Å². The van der Waals surface area contributed by atoms with Gasteiger partial charge in [0.2, 0.25) is 0 Å². The Kier molecular flexibility index (Phi) is 9.32. The molecule has 0 atom stereocenters. The molecule has 0 spiro atoms. The maximum atomic E-state index is 5.40. The van der Waals surface area contributed by atoms with Crippen LogP contribution in [0.25, 0.3) is 116 Å². The SMILES string of the molecule is CC1(C)CCC(C)(C)c2cc3c(cc21)c1c2ccccc2ccc1n3-c1cccc2ccc(-c3nc(-c4ccc(-c5ccccc5)cc4)nc(-c4ccc(-c5ccccc5)c5ccccc45)n3)cc12. The summed E-state index contributed by atoms with van der Waals surface area (Å²) in [5.41, 5.74) is 14.1. The molecule has 4 nitrogen and oxygen atoms in total. The minimum absolute atomic E-state index is 0.0531. The fourth-order valence-electron chi connectivity index (χ4n) is 11.3. The van der Waals surface area contributed by atoms with Crippen LogP contribution in [0.15, 0.2) is 206 Å². The largest absolute Gasteiger partial charge is 0.309 e. The van der Waals surface area contributed by atoms with Crippen LogP contribution in [-0.4, -0.2) is 19.5 Å². The van der Waals surface area contributed by atoms with Crippen molar-refractivity contribution in [3.8, 4) is 62.1 Å². The van der Waals surface area contributed by atoms with Crippen molar-refractivity contribution < 1.29 is 0 Å². The van der Waals surface area contributed by atoms with E-state index in [9.17, 15) is 0 Å². The molecular weight excluding hydrogens is 837 g/mol. The summed E-state index contributed by atoms with van der Waals surface area (Å²) in [5, 5.41) is 9.66. The lowest BCUT2D eigenvalue weighted by Crippen LogP contribution is -2.33. The van der Waals surface area contributed by atoms with Crippen LogP contribution in [0, 0.1) is 0 Å². The van der Waals surface area contributed by atoms with Crippen molar-refractivity contribution in [2.24, 2.45) is 0 Å². The van der Waals surface area contributed by atoms with Crippen LogP contribution in [-0.2, 0) is 10.8 Å². The van der Waals surface area contributed by atoms with E-state index in [2.05, 4.69) is 239 Å². The Bertz CT molecular complexity index is 3990. The zero-order valence-corrected chi connectivity index (χ0v) is 39.3. The van der Waals surface area contributed by atoms with Crippen molar-refractivity contribution in [2.45, 2.75) is 51.4 Å². The summed E-state index contributed by atoms with van der Waals surface area (Å²) < 4.78 is 2.53. The highest BCUT2D eigenvalue weighted by atomic mass is 15.0. The molecule has 1 aliphatic carbocycles. The quantitative estimate of drug-likeness (QED) is 0.167. The van der Waals surface area contributed by atoms with E-state index in [1.54, 1.807) is 0 Å². The number of fused-ring (bicyclic) bond motifs is 8. The van der Waals surface area contributed by atoms with Crippen molar-refractivity contribution >= 4 is 54.1 Å². The van der Waals surface area contributed by atoms with Gasteiger partial charge in [-0.05, 0) is 120 Å². The minimum atomic E-state index is 0.0531. The molecule has 0 saturated heterocycles. The van der Waals surface area contributed by atoms with Crippen LogP contribution in [0.3, 0.4) is 0 Å². The number of benzene rings is 10. The van der Waals surface area contributed by atoms with Gasteiger partial charge >= 0.3 is 0 Å². The van der Waals surface area contributed by atoms with E-state index in [-0.39, 0.29) is 10.8 Å². The molecule has 12 aromatic rings. The molecule has 69 heavy (non-hydrogen) atoms. The molecule has 13 rings (SSSR count). The number of rotatable bonds is 6. The third-order valence-electron chi connectivity index (χ3n) is 15.1. The Hall–Kier alpha value is -8.21. The Balaban J connectivity index is 1.04. The van der Waals surface area contributed by atoms with Crippen molar-refractivity contribution in [3.63, 3.8) is 0 Å². The van der Waals surface area contributed by atoms with Gasteiger partial charge < -0.3 is 4.57 Å². The topological polar surface area (TPSA) is 43.6 Å². The summed E-state index contributed by atoms with van der Waals surface area (Å²) in [5.74, 6) is 1.89. The van der Waals surface area contributed by atoms with Gasteiger partial charge in [-0.25, -0.2) is 15.0 Å². The smallest absolute Gasteiger partial charge is 0.164 e. The summed E-state index contributed by atoms with van der Waals surface area (Å²) in [6, 6.07) is 74.6. The normalized spacial score (nSPS) is 14.2. The monoisotopic (exact) mass is 886 g/mol. The van der Waals surface area contributed by atoms with Crippen LogP contribution in [0.1, 0.15) is 51.7 Å². The molecule has 2 heterocycles. The van der Waals surface area contributed by atoms with Gasteiger partial charge in [-0.15, -0.1) is 0 Å². The molecule has 4 heteroatoms. The van der Waals surface area contributed by atoms with E-state index in [4.69, 9.17) is 15.0 Å². The third kappa shape index (κ3) is 6.77. The fourth-order valence-corrected chi connectivity index (χ4v) is 11.3. The first-order chi connectivity index (χ1) is 33.7. The highest BCUT2D eigenvalue weighted by Gasteiger charge is 2.38. The summed E-state index contributed by atoms with van der Waals surface area (Å²) in [6.07, 6.45) is 2.32. The first-order valence-corrected chi connectivity index (χ1v) is 24.2. The predicted octanol–water partition coefficient (Wildman–Crippen LogP) is 17.1. The second-order valence-electron chi connectivity index (χ2n) is 20.2. The first-order valence-electron chi connectivity index (χ1n) is 24.2. The van der Waals surface area contributed by atoms with E-state index in [1.807, 2.05) is 0 Å². The van der Waals surface area contributed by atoms with Gasteiger partial charge in [0, 0.05) is 32.8 Å². The van der Waals surface area contributed by atoms with Gasteiger partial charge in [0.05, 0.1) is 16.7 Å². The van der Waals surface area contributed by atoms with E-state index >= 15 is 0 Å². The molecule has 0 unspecified atom stereocenters. The predicted molar refractivity (Wildman–Crippen MR) is 289 cm³/mol. The highest BCUT2D eigenvalue weighted by Crippen LogP contribution is 2.50. The number of hydrogen-bond acceptors (Lipinski definition) is 3. The van der Waals surface area contributed by atoms with E-state index in [0.29, 0.717) is 17.5 Å². The molecular formula is C65H50N4. The molecule has 330 valence electrons. The minimum Gasteiger partial charge on any atom is -0.309 e. The zero-order valence-electron chi connectivity index (χ0n) is 39.3. The van der Waals surface area contributed by atoms with Crippen LogP contribution in [0.5, 0.6) is 0 Å². The second kappa shape index (κ2) is 15.7. The average Bonchev–Trinajstić information content (AvgIpc) is 3.73. The Morgan fingerprint density at radius 1 is 0.348 bits per heavy atom. The lowest BCUT2D eigenvalue weighted by Gasteiger charge is -2.42. The standard InChI is InChI=1S/C65H50N4/c1-64(2)36-37-65(3,4)56-40-59-54(39-55(56)64)60-49-22-12-11-20-44(49)32-35-58(60)69(59)57-25-15-21-45-28-31-47(38-53(45)57)62-66-61(46-29-26-42(27-30-46)41-16-7-5-8-17-41)67-63(68-62)52-34-33-48(43-18-9-6-10-19-43)50-23-13-14-24-51(50)52/h5-35,38-40H,36-37H2,1-4H3. The van der Waals surface area contributed by atoms with Crippen LogP contribution in [0.2, 0.25) is 0 Å². The Morgan fingerprint density at radius 3 is 1.61 bits per heavy atom. The van der Waals surface area contributed by atoms with Gasteiger partial charge in [-0.1, -0.05) is 198 Å². The molecule has 0 aliphatic heterocycles. The molecule has 10 aromatic carbocycles. The number of nitrogens with zero attached hydrogens (tertiary/aromatic N) is 4. The summed E-state index contributed by atoms with van der Waals surface area (Å²) in [7, 11) is 0. The van der Waals surface area contributed by atoms with E-state index in [1.165, 1.54) is 66.8 Å². The molecule has 0 radical (unpaired) electrons. The third-order valence-corrected chi connectivity index (χ3v) is 15.1. The second-order valence-corrected chi connectivity index (χ2v) is 20.2. The van der Waals surface area contributed by atoms with Crippen molar-refractivity contribution in [1.82, 2.24) is 19.5 Å². The first kappa shape index (κ1) is 41.0. The van der Waals surface area contributed by atoms with Crippen molar-refractivity contribution in [3.05, 3.63) is 217 Å². The lowest BCUT2D eigenvalue weighted by molar-refractivity contribution is 0.332. The van der Waals surface area contributed by atoms with Crippen molar-refractivity contribution in [2.75, 3.05) is 0 Å². The lowest BCUT2D eigenvalue weighted by atomic mass is 9.63.